The fourth-order valence-electron chi connectivity index (χ4n) is 3.52. The Morgan fingerprint density at radius 2 is 2.19 bits per heavy atom. The lowest BCUT2D eigenvalue weighted by molar-refractivity contribution is -0.123. The lowest BCUT2D eigenvalue weighted by Gasteiger charge is -2.21. The number of amides is 1. The zero-order valence-corrected chi connectivity index (χ0v) is 14.5. The van der Waals surface area contributed by atoms with Crippen LogP contribution in [0.1, 0.15) is 19.3 Å². The Bertz CT molecular complexity index is 889. The van der Waals surface area contributed by atoms with E-state index in [-0.39, 0.29) is 11.8 Å². The summed E-state index contributed by atoms with van der Waals surface area (Å²) in [4.78, 5) is 23.2. The maximum Gasteiger partial charge on any atom is 0.247 e. The van der Waals surface area contributed by atoms with Crippen LogP contribution in [0, 0.1) is 22.7 Å². The molecule has 2 aromatic heterocycles. The Morgan fingerprint density at radius 3 is 2.92 bits per heavy atom. The summed E-state index contributed by atoms with van der Waals surface area (Å²) in [5.74, 6) is 1.82. The van der Waals surface area contributed by atoms with Crippen molar-refractivity contribution < 1.29 is 9.53 Å². The number of ether oxygens (including phenoxy) is 1. The molecule has 2 fully saturated rings. The standard InChI is InChI=1S/C19H19N5O2/c1-26-17-4-2-3-15(23-17)22-16-11-14(7-9-21-16)24-10-8-19(12-20,18(24)25)13-5-6-13/h2-4,7,9,11,13H,5-6,8,10H2,1H3,(H,21,22,23)/t19-/m1/s1. The van der Waals surface area contributed by atoms with Gasteiger partial charge in [-0.25, -0.2) is 4.98 Å². The van der Waals surface area contributed by atoms with Gasteiger partial charge in [-0.1, -0.05) is 6.07 Å². The Balaban J connectivity index is 1.56. The highest BCUT2D eigenvalue weighted by molar-refractivity contribution is 6.02. The number of methoxy groups -OCH3 is 1. The molecule has 1 aliphatic carbocycles. The van der Waals surface area contributed by atoms with Crippen molar-refractivity contribution in [1.29, 1.82) is 5.26 Å². The van der Waals surface area contributed by atoms with Gasteiger partial charge in [0.05, 0.1) is 13.2 Å². The normalized spacial score (nSPS) is 22.2. The van der Waals surface area contributed by atoms with Gasteiger partial charge in [0.15, 0.2) is 0 Å². The van der Waals surface area contributed by atoms with Crippen LogP contribution < -0.4 is 15.0 Å². The van der Waals surface area contributed by atoms with E-state index in [2.05, 4.69) is 21.4 Å². The van der Waals surface area contributed by atoms with Gasteiger partial charge in [-0.2, -0.15) is 10.2 Å². The molecule has 7 heteroatoms. The summed E-state index contributed by atoms with van der Waals surface area (Å²) in [6, 6.07) is 11.3. The van der Waals surface area contributed by atoms with E-state index in [1.54, 1.807) is 36.4 Å². The van der Waals surface area contributed by atoms with Gasteiger partial charge in [-0.05, 0) is 37.3 Å². The summed E-state index contributed by atoms with van der Waals surface area (Å²) < 4.78 is 5.12. The van der Waals surface area contributed by atoms with Crippen molar-refractivity contribution >= 4 is 23.2 Å². The van der Waals surface area contributed by atoms with Gasteiger partial charge in [-0.15, -0.1) is 0 Å². The molecule has 0 bridgehead atoms. The molecule has 2 aliphatic rings. The first-order chi connectivity index (χ1) is 12.7. The molecule has 0 unspecified atom stereocenters. The SMILES string of the molecule is COc1cccc(Nc2cc(N3CC[C@@](C#N)(C4CC4)C3=O)ccn2)n1. The van der Waals surface area contributed by atoms with Crippen molar-refractivity contribution in [2.75, 3.05) is 23.9 Å². The molecule has 26 heavy (non-hydrogen) atoms. The number of pyridine rings is 2. The predicted octanol–water partition coefficient (Wildman–Crippen LogP) is 2.89. The van der Waals surface area contributed by atoms with Crippen molar-refractivity contribution in [1.82, 2.24) is 9.97 Å². The third kappa shape index (κ3) is 2.73. The molecule has 1 saturated carbocycles. The molecule has 7 nitrogen and oxygen atoms in total. The van der Waals surface area contributed by atoms with Crippen LogP contribution in [0.4, 0.5) is 17.3 Å². The number of hydrogen-bond donors (Lipinski definition) is 1. The molecule has 4 rings (SSSR count). The minimum atomic E-state index is -0.842. The van der Waals surface area contributed by atoms with Crippen molar-refractivity contribution in [3.8, 4) is 11.9 Å². The maximum absolute atomic E-state index is 12.9. The second kappa shape index (κ2) is 6.30. The van der Waals surface area contributed by atoms with Crippen LogP contribution in [0.3, 0.4) is 0 Å². The predicted molar refractivity (Wildman–Crippen MR) is 96.0 cm³/mol. The molecule has 2 aromatic rings. The van der Waals surface area contributed by atoms with Crippen LogP contribution in [0.25, 0.3) is 0 Å². The van der Waals surface area contributed by atoms with Gasteiger partial charge in [0, 0.05) is 30.6 Å². The van der Waals surface area contributed by atoms with Crippen molar-refractivity contribution in [3.63, 3.8) is 0 Å². The number of anilines is 3. The third-order valence-electron chi connectivity index (χ3n) is 5.07. The van der Waals surface area contributed by atoms with E-state index in [0.29, 0.717) is 30.5 Å². The fraction of sp³-hybridized carbons (Fsp3) is 0.368. The second-order valence-electron chi connectivity index (χ2n) is 6.65. The van der Waals surface area contributed by atoms with E-state index in [1.807, 2.05) is 12.1 Å². The lowest BCUT2D eigenvalue weighted by atomic mass is 9.83. The van der Waals surface area contributed by atoms with E-state index in [4.69, 9.17) is 4.74 Å². The Morgan fingerprint density at radius 1 is 1.35 bits per heavy atom. The van der Waals surface area contributed by atoms with Gasteiger partial charge in [0.1, 0.15) is 17.1 Å². The molecule has 1 atom stereocenters. The minimum Gasteiger partial charge on any atom is -0.481 e. The average Bonchev–Trinajstić information content (AvgIpc) is 3.46. The van der Waals surface area contributed by atoms with Gasteiger partial charge >= 0.3 is 0 Å². The molecule has 0 spiro atoms. The van der Waals surface area contributed by atoms with Crippen molar-refractivity contribution in [2.24, 2.45) is 11.3 Å². The van der Waals surface area contributed by atoms with Gasteiger partial charge in [-0.3, -0.25) is 4.79 Å². The molecule has 1 aliphatic heterocycles. The fourth-order valence-corrected chi connectivity index (χ4v) is 3.52. The van der Waals surface area contributed by atoms with Crippen LogP contribution >= 0.6 is 0 Å². The maximum atomic E-state index is 12.9. The first kappa shape index (κ1) is 16.3. The molecule has 3 heterocycles. The second-order valence-corrected chi connectivity index (χ2v) is 6.65. The van der Waals surface area contributed by atoms with Crippen LogP contribution in [-0.2, 0) is 4.79 Å². The first-order valence-electron chi connectivity index (χ1n) is 8.63. The topological polar surface area (TPSA) is 91.1 Å². The minimum absolute atomic E-state index is 0.0841. The summed E-state index contributed by atoms with van der Waals surface area (Å²) in [7, 11) is 1.56. The highest BCUT2D eigenvalue weighted by atomic mass is 16.5. The quantitative estimate of drug-likeness (QED) is 0.892. The van der Waals surface area contributed by atoms with Gasteiger partial charge in [0.2, 0.25) is 11.8 Å². The number of nitriles is 1. The van der Waals surface area contributed by atoms with Crippen LogP contribution in [0.2, 0.25) is 0 Å². The summed E-state index contributed by atoms with van der Waals surface area (Å²) in [6.07, 6.45) is 4.18. The molecule has 0 radical (unpaired) electrons. The van der Waals surface area contributed by atoms with E-state index < -0.39 is 5.41 Å². The van der Waals surface area contributed by atoms with Crippen LogP contribution in [0.15, 0.2) is 36.5 Å². The summed E-state index contributed by atoms with van der Waals surface area (Å²) in [5.41, 5.74) is -0.0984. The third-order valence-corrected chi connectivity index (χ3v) is 5.07. The first-order valence-corrected chi connectivity index (χ1v) is 8.63. The summed E-state index contributed by atoms with van der Waals surface area (Å²) >= 11 is 0. The molecule has 1 amide bonds. The molecular weight excluding hydrogens is 330 g/mol. The van der Waals surface area contributed by atoms with E-state index in [9.17, 15) is 10.1 Å². The number of carbonyl (C=O) groups is 1. The summed E-state index contributed by atoms with van der Waals surface area (Å²) in [6.45, 7) is 0.559. The number of rotatable bonds is 5. The number of nitrogens with one attached hydrogen (secondary N) is 1. The number of hydrogen-bond acceptors (Lipinski definition) is 6. The van der Waals surface area contributed by atoms with E-state index >= 15 is 0 Å². The Labute approximate surface area is 151 Å². The number of nitrogens with zero attached hydrogens (tertiary/aromatic N) is 4. The Kier molecular flexibility index (Phi) is 3.96. The van der Waals surface area contributed by atoms with Crippen molar-refractivity contribution in [3.05, 3.63) is 36.5 Å². The lowest BCUT2D eigenvalue weighted by Crippen LogP contribution is -2.35. The Hall–Kier alpha value is -3.14. The molecule has 1 N–H and O–H groups in total. The van der Waals surface area contributed by atoms with Gasteiger partial charge < -0.3 is 15.0 Å². The van der Waals surface area contributed by atoms with Gasteiger partial charge in [0.25, 0.3) is 0 Å². The highest BCUT2D eigenvalue weighted by Gasteiger charge is 2.56. The molecular formula is C19H19N5O2. The largest absolute Gasteiger partial charge is 0.481 e. The van der Waals surface area contributed by atoms with E-state index in [1.165, 1.54) is 0 Å². The number of carbonyl (C=O) groups excluding carboxylic acids is 1. The van der Waals surface area contributed by atoms with E-state index in [0.717, 1.165) is 18.5 Å². The van der Waals surface area contributed by atoms with Crippen molar-refractivity contribution in [2.45, 2.75) is 19.3 Å². The number of aromatic nitrogens is 2. The van der Waals surface area contributed by atoms with Crippen LogP contribution in [-0.4, -0.2) is 29.5 Å². The molecule has 132 valence electrons. The molecule has 1 saturated heterocycles. The monoisotopic (exact) mass is 349 g/mol. The smallest absolute Gasteiger partial charge is 0.247 e. The average molecular weight is 349 g/mol. The van der Waals surface area contributed by atoms with Crippen LogP contribution in [0.5, 0.6) is 5.88 Å². The zero-order valence-electron chi connectivity index (χ0n) is 14.5. The summed E-state index contributed by atoms with van der Waals surface area (Å²) in [5, 5.41) is 12.7. The highest BCUT2D eigenvalue weighted by Crippen LogP contribution is 2.51. The zero-order chi connectivity index (χ0) is 18.1. The molecule has 0 aromatic carbocycles.